The highest BCUT2D eigenvalue weighted by molar-refractivity contribution is 5.78. The Bertz CT molecular complexity index is 478. The van der Waals surface area contributed by atoms with Crippen molar-refractivity contribution in [3.63, 3.8) is 0 Å². The SMILES string of the molecule is CC(C)n1nc(CN2CCCC2=O)c2c1CNC2. The third-order valence-corrected chi connectivity index (χ3v) is 3.80. The lowest BCUT2D eigenvalue weighted by molar-refractivity contribution is -0.128. The molecule has 0 bridgehead atoms. The molecule has 0 aromatic carbocycles. The van der Waals surface area contributed by atoms with Gasteiger partial charge in [-0.1, -0.05) is 0 Å². The van der Waals surface area contributed by atoms with Crippen LogP contribution >= 0.6 is 0 Å². The zero-order valence-corrected chi connectivity index (χ0v) is 11.1. The van der Waals surface area contributed by atoms with Crippen molar-refractivity contribution < 1.29 is 4.79 Å². The predicted octanol–water partition coefficient (Wildman–Crippen LogP) is 1.19. The number of rotatable bonds is 3. The maximum absolute atomic E-state index is 11.7. The van der Waals surface area contributed by atoms with Crippen LogP contribution < -0.4 is 5.32 Å². The molecule has 0 spiro atoms. The molecule has 1 fully saturated rings. The number of aromatic nitrogens is 2. The third kappa shape index (κ3) is 1.82. The van der Waals surface area contributed by atoms with Crippen LogP contribution in [0, 0.1) is 0 Å². The number of hydrogen-bond donors (Lipinski definition) is 1. The van der Waals surface area contributed by atoms with Crippen molar-refractivity contribution >= 4 is 5.91 Å². The van der Waals surface area contributed by atoms with Gasteiger partial charge in [-0.2, -0.15) is 5.10 Å². The molecule has 2 aliphatic rings. The van der Waals surface area contributed by atoms with Gasteiger partial charge < -0.3 is 10.2 Å². The van der Waals surface area contributed by atoms with Crippen LogP contribution in [0.2, 0.25) is 0 Å². The van der Waals surface area contributed by atoms with E-state index in [0.29, 0.717) is 19.0 Å². The van der Waals surface area contributed by atoms with E-state index in [0.717, 1.165) is 31.7 Å². The Balaban J connectivity index is 1.88. The van der Waals surface area contributed by atoms with Crippen LogP contribution in [0.3, 0.4) is 0 Å². The molecule has 98 valence electrons. The average molecular weight is 248 g/mol. The second kappa shape index (κ2) is 4.39. The predicted molar refractivity (Wildman–Crippen MR) is 67.8 cm³/mol. The largest absolute Gasteiger partial charge is 0.337 e. The summed E-state index contributed by atoms with van der Waals surface area (Å²) >= 11 is 0. The number of nitrogens with zero attached hydrogens (tertiary/aromatic N) is 3. The van der Waals surface area contributed by atoms with Gasteiger partial charge in [-0.3, -0.25) is 9.48 Å². The van der Waals surface area contributed by atoms with Crippen LogP contribution in [0.15, 0.2) is 0 Å². The standard InChI is InChI=1S/C13H20N4O/c1-9(2)17-12-7-14-6-10(12)11(15-17)8-16-5-3-4-13(16)18/h9,14H,3-8H2,1-2H3. The summed E-state index contributed by atoms with van der Waals surface area (Å²) in [6.07, 6.45) is 1.69. The second-order valence-corrected chi connectivity index (χ2v) is 5.43. The summed E-state index contributed by atoms with van der Waals surface area (Å²) in [5.74, 6) is 0.272. The third-order valence-electron chi connectivity index (χ3n) is 3.80. The molecule has 5 nitrogen and oxygen atoms in total. The van der Waals surface area contributed by atoms with Gasteiger partial charge in [-0.15, -0.1) is 0 Å². The molecule has 1 aromatic heterocycles. The fraction of sp³-hybridized carbons (Fsp3) is 0.692. The summed E-state index contributed by atoms with van der Waals surface area (Å²) in [5.41, 5.74) is 3.69. The van der Waals surface area contributed by atoms with Crippen LogP contribution in [-0.2, 0) is 24.4 Å². The van der Waals surface area contributed by atoms with Crippen LogP contribution in [0.25, 0.3) is 0 Å². The molecule has 1 N–H and O–H groups in total. The van der Waals surface area contributed by atoms with Gasteiger partial charge in [-0.05, 0) is 20.3 Å². The molecular formula is C13H20N4O. The van der Waals surface area contributed by atoms with Crippen LogP contribution in [0.5, 0.6) is 0 Å². The molecule has 3 heterocycles. The first-order valence-corrected chi connectivity index (χ1v) is 6.74. The minimum absolute atomic E-state index is 0.272. The molecular weight excluding hydrogens is 228 g/mol. The number of hydrogen-bond acceptors (Lipinski definition) is 3. The number of fused-ring (bicyclic) bond motifs is 1. The maximum atomic E-state index is 11.7. The Hall–Kier alpha value is -1.36. The second-order valence-electron chi connectivity index (χ2n) is 5.43. The topological polar surface area (TPSA) is 50.2 Å². The first kappa shape index (κ1) is 11.7. The fourth-order valence-electron chi connectivity index (χ4n) is 2.86. The summed E-state index contributed by atoms with van der Waals surface area (Å²) in [4.78, 5) is 13.6. The highest BCUT2D eigenvalue weighted by Crippen LogP contribution is 2.25. The van der Waals surface area contributed by atoms with E-state index in [2.05, 4.69) is 23.8 Å². The normalized spacial score (nSPS) is 19.1. The van der Waals surface area contributed by atoms with E-state index in [-0.39, 0.29) is 5.91 Å². The van der Waals surface area contributed by atoms with E-state index in [9.17, 15) is 4.79 Å². The van der Waals surface area contributed by atoms with Gasteiger partial charge >= 0.3 is 0 Å². The Morgan fingerprint density at radius 2 is 2.22 bits per heavy atom. The van der Waals surface area contributed by atoms with Crippen molar-refractivity contribution in [1.29, 1.82) is 0 Å². The monoisotopic (exact) mass is 248 g/mol. The number of likely N-dealkylation sites (tertiary alicyclic amines) is 1. The quantitative estimate of drug-likeness (QED) is 0.874. The smallest absolute Gasteiger partial charge is 0.222 e. The molecule has 0 unspecified atom stereocenters. The lowest BCUT2D eigenvalue weighted by Gasteiger charge is -2.14. The molecule has 1 saturated heterocycles. The fourth-order valence-corrected chi connectivity index (χ4v) is 2.86. The molecule has 0 atom stereocenters. The Kier molecular flexibility index (Phi) is 2.86. The highest BCUT2D eigenvalue weighted by Gasteiger charge is 2.27. The van der Waals surface area contributed by atoms with Crippen molar-refractivity contribution in [3.8, 4) is 0 Å². The zero-order chi connectivity index (χ0) is 12.7. The lowest BCUT2D eigenvalue weighted by Crippen LogP contribution is -2.25. The molecule has 0 saturated carbocycles. The van der Waals surface area contributed by atoms with Gasteiger partial charge in [0.2, 0.25) is 5.91 Å². The van der Waals surface area contributed by atoms with E-state index in [4.69, 9.17) is 5.10 Å². The number of carbonyl (C=O) groups excluding carboxylic acids is 1. The van der Waals surface area contributed by atoms with E-state index in [1.165, 1.54) is 11.3 Å². The molecule has 18 heavy (non-hydrogen) atoms. The summed E-state index contributed by atoms with van der Waals surface area (Å²) in [7, 11) is 0. The zero-order valence-electron chi connectivity index (χ0n) is 11.1. The van der Waals surface area contributed by atoms with Gasteiger partial charge in [0.25, 0.3) is 0 Å². The van der Waals surface area contributed by atoms with E-state index < -0.39 is 0 Å². The van der Waals surface area contributed by atoms with Crippen molar-refractivity contribution in [2.45, 2.75) is 52.4 Å². The first-order valence-electron chi connectivity index (χ1n) is 6.74. The minimum Gasteiger partial charge on any atom is -0.337 e. The van der Waals surface area contributed by atoms with Crippen molar-refractivity contribution in [1.82, 2.24) is 20.0 Å². The summed E-state index contributed by atoms with van der Waals surface area (Å²) in [6.45, 7) is 7.65. The lowest BCUT2D eigenvalue weighted by atomic mass is 10.2. The Labute approximate surface area is 107 Å². The number of carbonyl (C=O) groups is 1. The van der Waals surface area contributed by atoms with Crippen molar-refractivity contribution in [2.75, 3.05) is 6.54 Å². The number of amides is 1. The van der Waals surface area contributed by atoms with Gasteiger partial charge in [0.1, 0.15) is 0 Å². The van der Waals surface area contributed by atoms with E-state index >= 15 is 0 Å². The Morgan fingerprint density at radius 3 is 2.89 bits per heavy atom. The summed E-state index contributed by atoms with van der Waals surface area (Å²) in [6, 6.07) is 0.377. The minimum atomic E-state index is 0.272. The van der Waals surface area contributed by atoms with Crippen molar-refractivity contribution in [3.05, 3.63) is 17.0 Å². The maximum Gasteiger partial charge on any atom is 0.222 e. The average Bonchev–Trinajstić information content (AvgIpc) is 2.97. The first-order chi connectivity index (χ1) is 8.66. The summed E-state index contributed by atoms with van der Waals surface area (Å²) in [5, 5.41) is 8.09. The molecule has 0 radical (unpaired) electrons. The van der Waals surface area contributed by atoms with E-state index in [1.807, 2.05) is 4.90 Å². The molecule has 5 heteroatoms. The Morgan fingerprint density at radius 1 is 1.39 bits per heavy atom. The molecule has 0 aliphatic carbocycles. The van der Waals surface area contributed by atoms with Crippen molar-refractivity contribution in [2.24, 2.45) is 0 Å². The van der Waals surface area contributed by atoms with Gasteiger partial charge in [0.05, 0.1) is 17.9 Å². The van der Waals surface area contributed by atoms with Crippen LogP contribution in [0.4, 0.5) is 0 Å². The molecule has 3 rings (SSSR count). The van der Waals surface area contributed by atoms with Crippen LogP contribution in [0.1, 0.15) is 49.7 Å². The summed E-state index contributed by atoms with van der Waals surface area (Å²) < 4.78 is 2.10. The van der Waals surface area contributed by atoms with Crippen LogP contribution in [-0.4, -0.2) is 27.1 Å². The highest BCUT2D eigenvalue weighted by atomic mass is 16.2. The molecule has 1 aromatic rings. The van der Waals surface area contributed by atoms with E-state index in [1.54, 1.807) is 0 Å². The molecule has 2 aliphatic heterocycles. The molecule has 1 amide bonds. The van der Waals surface area contributed by atoms with Gasteiger partial charge in [0.15, 0.2) is 0 Å². The number of nitrogens with one attached hydrogen (secondary N) is 1. The van der Waals surface area contributed by atoms with Gasteiger partial charge in [0, 0.05) is 37.7 Å². The van der Waals surface area contributed by atoms with Gasteiger partial charge in [-0.25, -0.2) is 0 Å².